The molecule has 0 bridgehead atoms. The fourth-order valence-electron chi connectivity index (χ4n) is 12.7. The third kappa shape index (κ3) is 17.4. The number of hydrogen-bond acceptors (Lipinski definition) is 12. The summed E-state index contributed by atoms with van der Waals surface area (Å²) in [5, 5.41) is 0. The third-order valence-electron chi connectivity index (χ3n) is 17.7. The number of carbonyl (C=O) groups excluding carboxylic acids is 4. The number of nitrogens with zero attached hydrogens (tertiary/aromatic N) is 1. The van der Waals surface area contributed by atoms with E-state index in [4.69, 9.17) is 38.1 Å². The molecule has 1 aromatic heterocycles. The van der Waals surface area contributed by atoms with Gasteiger partial charge >= 0.3 is 23.9 Å². The van der Waals surface area contributed by atoms with Crippen molar-refractivity contribution in [2.45, 2.75) is 175 Å². The summed E-state index contributed by atoms with van der Waals surface area (Å²) in [5.74, 6) is 0.0501. The van der Waals surface area contributed by atoms with Crippen molar-refractivity contribution in [1.82, 2.24) is 4.98 Å². The van der Waals surface area contributed by atoms with Gasteiger partial charge in [0.2, 0.25) is 0 Å². The van der Waals surface area contributed by atoms with E-state index in [-0.39, 0.29) is 22.3 Å². The van der Waals surface area contributed by atoms with Crippen molar-refractivity contribution < 1.29 is 52.3 Å². The number of unbranched alkanes of at least 4 members (excludes halogenated alkanes) is 18. The van der Waals surface area contributed by atoms with Gasteiger partial charge in [0.05, 0.1) is 75.3 Å². The molecule has 0 saturated heterocycles. The number of aromatic nitrogens is 1. The van der Waals surface area contributed by atoms with Crippen LogP contribution in [0.3, 0.4) is 0 Å². The van der Waals surface area contributed by atoms with Crippen LogP contribution in [0.2, 0.25) is 0 Å². The van der Waals surface area contributed by atoms with E-state index >= 15 is 0 Å². The quantitative estimate of drug-likeness (QED) is 0.0215. The molecule has 0 aliphatic heterocycles. The standard InChI is InChI=1S/C78H91NO11/c1-7-9-11-13-15-17-19-21-23-25-39-88-66-41-53(42-67(51-66)89-40-26-24-22-20-18-16-14-12-10-8-2)52-90-65-35-31-56(32-36-65)72-68-37-33-54-27-29-57(59-43-61(75(80)84-3)47-62(44-59)76(81)85-4)49-70(54)73(68)79-74-69(72)38-34-55-28-30-58(50-71(55)74)60-45-63(77(82)86-5)48-64(46-60)78(83)87-6/h27-32,35-36,41-51H,7-26,33-34,37-40,52H2,1-6H3. The fraction of sp³-hybridized carbons (Fsp3) is 0.423. The molecule has 0 fully saturated rings. The summed E-state index contributed by atoms with van der Waals surface area (Å²) in [4.78, 5) is 57.6. The first-order valence-electron chi connectivity index (χ1n) is 33.1. The molecule has 0 radical (unpaired) electrons. The van der Waals surface area contributed by atoms with Crippen molar-refractivity contribution in [2.75, 3.05) is 41.7 Å². The lowest BCUT2D eigenvalue weighted by molar-refractivity contribution is 0.0581. The number of fused-ring (bicyclic) bond motifs is 6. The van der Waals surface area contributed by atoms with E-state index in [1.54, 1.807) is 24.3 Å². The Balaban J connectivity index is 1.02. The van der Waals surface area contributed by atoms with Crippen LogP contribution in [0.4, 0.5) is 0 Å². The topological polar surface area (TPSA) is 146 Å². The van der Waals surface area contributed by atoms with Crippen LogP contribution in [-0.2, 0) is 51.2 Å². The van der Waals surface area contributed by atoms with E-state index < -0.39 is 23.9 Å². The van der Waals surface area contributed by atoms with Crippen LogP contribution < -0.4 is 14.2 Å². The highest BCUT2D eigenvalue weighted by molar-refractivity contribution is 5.99. The summed E-state index contributed by atoms with van der Waals surface area (Å²) >= 11 is 0. The number of esters is 4. The largest absolute Gasteiger partial charge is 0.493 e. The summed E-state index contributed by atoms with van der Waals surface area (Å²) in [5.41, 5.74) is 14.9. The summed E-state index contributed by atoms with van der Waals surface area (Å²) in [6.07, 6.45) is 28.4. The minimum Gasteiger partial charge on any atom is -0.493 e. The highest BCUT2D eigenvalue weighted by Gasteiger charge is 2.30. The molecule has 0 spiro atoms. The molecule has 6 aromatic carbocycles. The van der Waals surface area contributed by atoms with Crippen LogP contribution in [0.1, 0.15) is 212 Å². The van der Waals surface area contributed by atoms with E-state index in [0.29, 0.717) is 30.9 Å². The van der Waals surface area contributed by atoms with Crippen LogP contribution in [0.15, 0.2) is 115 Å². The Kier molecular flexibility index (Phi) is 24.7. The van der Waals surface area contributed by atoms with Crippen LogP contribution in [0.25, 0.3) is 55.9 Å². The first-order valence-corrected chi connectivity index (χ1v) is 33.1. The first kappa shape index (κ1) is 66.2. The van der Waals surface area contributed by atoms with E-state index in [2.05, 4.69) is 62.4 Å². The van der Waals surface area contributed by atoms with Gasteiger partial charge in [0.15, 0.2) is 0 Å². The van der Waals surface area contributed by atoms with E-state index in [9.17, 15) is 19.2 Å². The molecule has 12 heteroatoms. The number of ether oxygens (including phenoxy) is 7. The molecule has 2 aliphatic carbocycles. The summed E-state index contributed by atoms with van der Waals surface area (Å²) < 4.78 is 39.9. The fourth-order valence-corrected chi connectivity index (χ4v) is 12.7. The SMILES string of the molecule is CCCCCCCCCCCCOc1cc(COc2ccc(-c3c4c(nc5c3CCc3ccc(-c6cc(C(=O)OC)cc(C(=O)OC)c6)cc3-5)-c3cc(-c5cc(C(=O)OC)cc(C(=O)OC)c5)ccc3CC4)cc2)cc(OCCCCCCCCCCCC)c1. The molecule has 9 rings (SSSR count). The number of methoxy groups -OCH3 is 4. The smallest absolute Gasteiger partial charge is 0.337 e. The maximum atomic E-state index is 13.0. The van der Waals surface area contributed by atoms with Gasteiger partial charge in [0.25, 0.3) is 0 Å². The Morgan fingerprint density at radius 3 is 1.10 bits per heavy atom. The molecular weight excluding hydrogens is 1130 g/mol. The molecule has 0 saturated carbocycles. The second-order valence-corrected chi connectivity index (χ2v) is 24.1. The highest BCUT2D eigenvalue weighted by Crippen LogP contribution is 2.48. The second-order valence-electron chi connectivity index (χ2n) is 24.1. The highest BCUT2D eigenvalue weighted by atomic mass is 16.5. The zero-order chi connectivity index (χ0) is 63.2. The minimum absolute atomic E-state index is 0.226. The predicted octanol–water partition coefficient (Wildman–Crippen LogP) is 18.9. The first-order chi connectivity index (χ1) is 44.0. The lowest BCUT2D eigenvalue weighted by Gasteiger charge is -2.29. The maximum absolute atomic E-state index is 13.0. The molecule has 0 amide bonds. The predicted molar refractivity (Wildman–Crippen MR) is 357 cm³/mol. The van der Waals surface area contributed by atoms with Crippen LogP contribution in [0.5, 0.6) is 17.2 Å². The lowest BCUT2D eigenvalue weighted by Crippen LogP contribution is -2.15. The molecule has 474 valence electrons. The summed E-state index contributed by atoms with van der Waals surface area (Å²) in [7, 11) is 5.25. The van der Waals surface area contributed by atoms with Crippen molar-refractivity contribution in [1.29, 1.82) is 0 Å². The molecule has 0 unspecified atom stereocenters. The van der Waals surface area contributed by atoms with Gasteiger partial charge in [-0.15, -0.1) is 0 Å². The van der Waals surface area contributed by atoms with Gasteiger partial charge in [-0.05, 0) is 173 Å². The Morgan fingerprint density at radius 1 is 0.356 bits per heavy atom. The minimum atomic E-state index is -0.571. The molecular formula is C78H91NO11. The van der Waals surface area contributed by atoms with E-state index in [1.165, 1.54) is 143 Å². The van der Waals surface area contributed by atoms with Crippen LogP contribution in [-0.4, -0.2) is 70.5 Å². The molecule has 1 heterocycles. The van der Waals surface area contributed by atoms with Crippen molar-refractivity contribution >= 4 is 23.9 Å². The monoisotopic (exact) mass is 1220 g/mol. The second kappa shape index (κ2) is 33.5. The van der Waals surface area contributed by atoms with Gasteiger partial charge < -0.3 is 33.2 Å². The Hall–Kier alpha value is -8.25. The number of aryl methyl sites for hydroxylation is 2. The number of pyridine rings is 1. The van der Waals surface area contributed by atoms with E-state index in [1.807, 2.05) is 30.3 Å². The molecule has 0 atom stereocenters. The maximum Gasteiger partial charge on any atom is 0.337 e. The van der Waals surface area contributed by atoms with Crippen molar-refractivity contribution in [2.24, 2.45) is 0 Å². The van der Waals surface area contributed by atoms with Gasteiger partial charge in [0.1, 0.15) is 23.9 Å². The third-order valence-corrected chi connectivity index (χ3v) is 17.7. The van der Waals surface area contributed by atoms with E-state index in [0.717, 1.165) is 141 Å². The van der Waals surface area contributed by atoms with Crippen molar-refractivity contribution in [3.63, 3.8) is 0 Å². The normalized spacial score (nSPS) is 12.0. The Bertz CT molecular complexity index is 3310. The molecule has 90 heavy (non-hydrogen) atoms. The van der Waals surface area contributed by atoms with Gasteiger partial charge in [0, 0.05) is 17.2 Å². The van der Waals surface area contributed by atoms with Gasteiger partial charge in [-0.2, -0.15) is 0 Å². The molecule has 2 aliphatic rings. The number of benzene rings is 6. The van der Waals surface area contributed by atoms with Crippen molar-refractivity contribution in [3.8, 4) is 73.1 Å². The van der Waals surface area contributed by atoms with Gasteiger partial charge in [-0.1, -0.05) is 166 Å². The van der Waals surface area contributed by atoms with Crippen LogP contribution in [0, 0.1) is 0 Å². The summed E-state index contributed by atoms with van der Waals surface area (Å²) in [6, 6.07) is 36.9. The molecule has 12 nitrogen and oxygen atoms in total. The zero-order valence-corrected chi connectivity index (χ0v) is 54.0. The van der Waals surface area contributed by atoms with Gasteiger partial charge in [-0.3, -0.25) is 0 Å². The Labute approximate surface area is 533 Å². The Morgan fingerprint density at radius 2 is 0.722 bits per heavy atom. The number of rotatable bonds is 34. The average molecular weight is 1220 g/mol. The van der Waals surface area contributed by atoms with Gasteiger partial charge in [-0.25, -0.2) is 24.2 Å². The molecule has 0 N–H and O–H groups in total. The number of hydrogen-bond donors (Lipinski definition) is 0. The lowest BCUT2D eigenvalue weighted by atomic mass is 9.77. The van der Waals surface area contributed by atoms with Crippen molar-refractivity contribution in [3.05, 3.63) is 165 Å². The summed E-state index contributed by atoms with van der Waals surface area (Å²) in [6.45, 7) is 6.19. The average Bonchev–Trinajstić information content (AvgIpc) is 0.751. The molecule has 7 aromatic rings. The number of carbonyl (C=O) groups is 4. The zero-order valence-electron chi connectivity index (χ0n) is 54.0. The van der Waals surface area contributed by atoms with Crippen LogP contribution >= 0.6 is 0 Å².